The molecule has 11 heteroatoms. The van der Waals surface area contributed by atoms with E-state index in [0.717, 1.165) is 0 Å². The Labute approximate surface area is 92.8 Å². The molecule has 0 fully saturated rings. The van der Waals surface area contributed by atoms with Crippen molar-refractivity contribution in [3.63, 3.8) is 0 Å². The van der Waals surface area contributed by atoms with E-state index in [1.54, 1.807) is 0 Å². The van der Waals surface area contributed by atoms with E-state index >= 15 is 0 Å². The smallest absolute Gasteiger partial charge is 0.291 e. The van der Waals surface area contributed by atoms with Gasteiger partial charge in [-0.15, -0.1) is 10.1 Å². The average Bonchev–Trinajstić information content (AvgIpc) is 0.811. The number of hydrogen-bond acceptors (Lipinski definition) is 2. The molecule has 13 N–H and O–H groups in total. The first kappa shape index (κ1) is 111. The van der Waals surface area contributed by atoms with Gasteiger partial charge in [0.25, 0.3) is 5.09 Å². The summed E-state index contributed by atoms with van der Waals surface area (Å²) in [4.78, 5) is 8.36. The summed E-state index contributed by atoms with van der Waals surface area (Å²) in [6, 6.07) is 0. The van der Waals surface area contributed by atoms with Crippen molar-refractivity contribution in [2.75, 3.05) is 0 Å². The zero-order chi connectivity index (χ0) is 3.58. The van der Waals surface area contributed by atoms with Crippen LogP contribution in [0.3, 0.4) is 0 Å². The molecule has 10 nitrogen and oxygen atoms in total. The van der Waals surface area contributed by atoms with E-state index in [1.807, 2.05) is 0 Å². The Morgan fingerprint density at radius 3 is 0.909 bits per heavy atom. The standard InChI is InChI=1S/Gd.HNO3.6H2O/c;2-1(3)4;;;;;;/h;(H,2,3,4);6*1H2. The summed E-state index contributed by atoms with van der Waals surface area (Å²) in [6.07, 6.45) is 0. The Bertz CT molecular complexity index is 32.5. The topological polar surface area (TPSA) is 252 Å². The predicted molar refractivity (Wildman–Crippen MR) is 30.5 cm³/mol. The van der Waals surface area contributed by atoms with Crippen LogP contribution in [-0.4, -0.2) is 43.2 Å². The van der Waals surface area contributed by atoms with Crippen molar-refractivity contribution < 1.29 is 83.1 Å². The van der Waals surface area contributed by atoms with Crippen LogP contribution in [0.5, 0.6) is 0 Å². The summed E-state index contributed by atoms with van der Waals surface area (Å²) in [5.74, 6) is 0. The second-order valence-electron chi connectivity index (χ2n) is 0.238. The summed E-state index contributed by atoms with van der Waals surface area (Å²) in [6.45, 7) is 0. The van der Waals surface area contributed by atoms with Crippen molar-refractivity contribution >= 4 is 0 Å². The summed E-state index contributed by atoms with van der Waals surface area (Å²) >= 11 is 0. The van der Waals surface area contributed by atoms with Gasteiger partial charge in [0.2, 0.25) is 0 Å². The van der Waals surface area contributed by atoms with E-state index in [4.69, 9.17) is 15.3 Å². The van der Waals surface area contributed by atoms with E-state index in [9.17, 15) is 0 Å². The van der Waals surface area contributed by atoms with Gasteiger partial charge in [-0.2, -0.15) is 0 Å². The number of rotatable bonds is 0. The van der Waals surface area contributed by atoms with E-state index in [1.165, 1.54) is 0 Å². The minimum atomic E-state index is -1.50. The van der Waals surface area contributed by atoms with Gasteiger partial charge in [0.15, 0.2) is 0 Å². The molecule has 0 aliphatic heterocycles. The van der Waals surface area contributed by atoms with Crippen molar-refractivity contribution in [3.8, 4) is 0 Å². The second-order valence-corrected chi connectivity index (χ2v) is 0.238. The number of hydrogen-bond donors (Lipinski definition) is 1. The summed E-state index contributed by atoms with van der Waals surface area (Å²) in [7, 11) is 0. The van der Waals surface area contributed by atoms with Crippen molar-refractivity contribution in [1.29, 1.82) is 0 Å². The second kappa shape index (κ2) is 82.2. The summed E-state index contributed by atoms with van der Waals surface area (Å²) in [5, 5.41) is 13.6. The van der Waals surface area contributed by atoms with Gasteiger partial charge in [-0.1, -0.05) is 0 Å². The molecule has 0 saturated carbocycles. The van der Waals surface area contributed by atoms with Gasteiger partial charge in [0.1, 0.15) is 0 Å². The minimum Gasteiger partial charge on any atom is -0.412 e. The van der Waals surface area contributed by atoms with Crippen molar-refractivity contribution in [2.24, 2.45) is 0 Å². The van der Waals surface area contributed by atoms with E-state index < -0.39 is 5.09 Å². The molecule has 0 atom stereocenters. The van der Waals surface area contributed by atoms with Gasteiger partial charge in [-0.3, -0.25) is 0 Å². The molecule has 0 unspecified atom stereocenters. The molecule has 80 valence electrons. The molecular formula is H13GdNO9. The van der Waals surface area contributed by atoms with Gasteiger partial charge in [-0.25, -0.2) is 0 Å². The van der Waals surface area contributed by atoms with Gasteiger partial charge in [0.05, 0.1) is 0 Å². The van der Waals surface area contributed by atoms with Gasteiger partial charge in [-0.05, 0) is 0 Å². The first-order valence-electron chi connectivity index (χ1n) is 0.565. The van der Waals surface area contributed by atoms with E-state index in [2.05, 4.69) is 0 Å². The Morgan fingerprint density at radius 2 is 0.909 bits per heavy atom. The van der Waals surface area contributed by atoms with Crippen LogP contribution in [0.25, 0.3) is 0 Å². The van der Waals surface area contributed by atoms with Crippen LogP contribution in [-0.2, 0) is 0 Å². The molecule has 0 aliphatic carbocycles. The first-order valence-corrected chi connectivity index (χ1v) is 0.565. The third kappa shape index (κ3) is 8710. The van der Waals surface area contributed by atoms with E-state index in [0.29, 0.717) is 0 Å². The zero-order valence-electron chi connectivity index (χ0n) is 5.06. The largest absolute Gasteiger partial charge is 0.412 e. The average molecular weight is 328 g/mol. The fraction of sp³-hybridized carbons (Fsp3) is 0. The van der Waals surface area contributed by atoms with Crippen LogP contribution < -0.4 is 0 Å². The van der Waals surface area contributed by atoms with Crippen molar-refractivity contribution in [3.05, 3.63) is 10.1 Å². The summed E-state index contributed by atoms with van der Waals surface area (Å²) < 4.78 is 0. The maximum absolute atomic E-state index is 8.36. The summed E-state index contributed by atoms with van der Waals surface area (Å²) in [5.41, 5.74) is 0. The number of nitrogens with zero attached hydrogens (tertiary/aromatic N) is 1. The molecule has 0 amide bonds. The molecule has 0 spiro atoms. The van der Waals surface area contributed by atoms with Crippen LogP contribution in [0.1, 0.15) is 0 Å². The molecule has 0 saturated heterocycles. The Morgan fingerprint density at radius 1 is 0.909 bits per heavy atom. The van der Waals surface area contributed by atoms with E-state index in [-0.39, 0.29) is 72.8 Å². The molecule has 11 heavy (non-hydrogen) atoms. The molecule has 0 aliphatic rings. The molecular weight excluding hydrogens is 315 g/mol. The fourth-order valence-corrected chi connectivity index (χ4v) is 0. The molecule has 0 radical (unpaired) electrons. The monoisotopic (exact) mass is 329 g/mol. The Kier molecular flexibility index (Phi) is 826. The Balaban J connectivity index is -0.00000000214. The van der Waals surface area contributed by atoms with Crippen LogP contribution in [0.15, 0.2) is 0 Å². The fourth-order valence-electron chi connectivity index (χ4n) is 0. The van der Waals surface area contributed by atoms with Crippen molar-refractivity contribution in [2.45, 2.75) is 0 Å². The third-order valence-corrected chi connectivity index (χ3v) is 0. The van der Waals surface area contributed by atoms with Gasteiger partial charge in [0, 0.05) is 39.9 Å². The SMILES string of the molecule is O.O.O.O.O.O.O=[N+]([O-])O.[Gd]. The van der Waals surface area contributed by atoms with Crippen LogP contribution in [0.2, 0.25) is 0 Å². The molecule has 0 aromatic carbocycles. The molecule has 0 aromatic rings. The molecule has 0 aromatic heterocycles. The van der Waals surface area contributed by atoms with Crippen LogP contribution >= 0.6 is 0 Å². The minimum absolute atomic E-state index is 0. The van der Waals surface area contributed by atoms with Gasteiger partial charge < -0.3 is 38.1 Å². The first-order chi connectivity index (χ1) is 1.73. The third-order valence-electron chi connectivity index (χ3n) is 0. The maximum Gasteiger partial charge on any atom is 0.291 e. The zero-order valence-corrected chi connectivity index (χ0v) is 7.33. The molecule has 0 heterocycles. The van der Waals surface area contributed by atoms with Crippen molar-refractivity contribution in [1.82, 2.24) is 0 Å². The van der Waals surface area contributed by atoms with Crippen LogP contribution in [0.4, 0.5) is 0 Å². The quantitative estimate of drug-likeness (QED) is 0.338. The normalized spacial score (nSPS) is 2.18. The van der Waals surface area contributed by atoms with Gasteiger partial charge >= 0.3 is 0 Å². The van der Waals surface area contributed by atoms with Crippen LogP contribution in [0, 0.1) is 50.1 Å². The molecule has 0 rings (SSSR count). The predicted octanol–water partition coefficient (Wildman–Crippen LogP) is -5.30. The molecule has 0 bridgehead atoms. The maximum atomic E-state index is 8.36. The Hall–Kier alpha value is 0.285.